The van der Waals surface area contributed by atoms with Gasteiger partial charge in [0.05, 0.1) is 19.8 Å². The van der Waals surface area contributed by atoms with Gasteiger partial charge in [-0.05, 0) is 66.8 Å². The van der Waals surface area contributed by atoms with Crippen LogP contribution in [0, 0.1) is 5.82 Å². The lowest BCUT2D eigenvalue weighted by atomic mass is 9.90. The van der Waals surface area contributed by atoms with Crippen molar-refractivity contribution in [2.45, 2.75) is 31.5 Å². The molecule has 1 atom stereocenters. The van der Waals surface area contributed by atoms with Gasteiger partial charge < -0.3 is 14.8 Å². The van der Waals surface area contributed by atoms with E-state index in [4.69, 9.17) is 9.47 Å². The molecule has 0 fully saturated rings. The molecule has 1 aliphatic heterocycles. The Bertz CT molecular complexity index is 820. The van der Waals surface area contributed by atoms with E-state index >= 15 is 0 Å². The van der Waals surface area contributed by atoms with Gasteiger partial charge in [0.15, 0.2) is 11.5 Å². The fraction of sp³-hybridized carbons (Fsp3) is 0.400. The van der Waals surface area contributed by atoms with Crippen LogP contribution in [0.1, 0.15) is 34.7 Å². The molecule has 2 aromatic carbocycles. The minimum atomic E-state index is -4.69. The second-order valence-electron chi connectivity index (χ2n) is 6.51. The lowest BCUT2D eigenvalue weighted by molar-refractivity contribution is -0.140. The summed E-state index contributed by atoms with van der Waals surface area (Å²) in [6.07, 6.45) is -2.87. The summed E-state index contributed by atoms with van der Waals surface area (Å²) >= 11 is 0. The van der Waals surface area contributed by atoms with Crippen LogP contribution in [-0.4, -0.2) is 20.8 Å². The van der Waals surface area contributed by atoms with Crippen LogP contribution in [0.4, 0.5) is 17.6 Å². The molecule has 0 spiro atoms. The van der Waals surface area contributed by atoms with Crippen molar-refractivity contribution in [1.29, 1.82) is 0 Å². The Morgan fingerprint density at radius 1 is 1.07 bits per heavy atom. The molecule has 3 rings (SSSR count). The number of ether oxygens (including phenoxy) is 2. The Kier molecular flexibility index (Phi) is 5.60. The molecule has 7 heteroatoms. The number of benzene rings is 2. The van der Waals surface area contributed by atoms with Gasteiger partial charge in [-0.1, -0.05) is 6.07 Å². The molecular weight excluding hydrogens is 362 g/mol. The first-order valence-corrected chi connectivity index (χ1v) is 8.67. The molecule has 1 aliphatic rings. The molecule has 0 aromatic heterocycles. The third-order valence-corrected chi connectivity index (χ3v) is 4.86. The van der Waals surface area contributed by atoms with Crippen molar-refractivity contribution in [2.75, 3.05) is 20.8 Å². The van der Waals surface area contributed by atoms with Crippen molar-refractivity contribution >= 4 is 0 Å². The van der Waals surface area contributed by atoms with Gasteiger partial charge >= 0.3 is 6.18 Å². The highest BCUT2D eigenvalue weighted by Crippen LogP contribution is 2.37. The highest BCUT2D eigenvalue weighted by molar-refractivity contribution is 5.49. The van der Waals surface area contributed by atoms with Gasteiger partial charge in [0.1, 0.15) is 5.82 Å². The van der Waals surface area contributed by atoms with E-state index in [0.717, 1.165) is 36.2 Å². The number of alkyl halides is 3. The fourth-order valence-electron chi connectivity index (χ4n) is 3.48. The zero-order valence-corrected chi connectivity index (χ0v) is 15.1. The van der Waals surface area contributed by atoms with Gasteiger partial charge in [-0.3, -0.25) is 0 Å². The van der Waals surface area contributed by atoms with Gasteiger partial charge in [0, 0.05) is 6.04 Å². The zero-order chi connectivity index (χ0) is 19.6. The molecule has 0 bridgehead atoms. The molecule has 0 radical (unpaired) electrons. The summed E-state index contributed by atoms with van der Waals surface area (Å²) in [6.45, 7) is 0.768. The number of hydrogen-bond acceptors (Lipinski definition) is 3. The van der Waals surface area contributed by atoms with Crippen LogP contribution in [0.3, 0.4) is 0 Å². The lowest BCUT2D eigenvalue weighted by Gasteiger charge is -2.28. The fourth-order valence-corrected chi connectivity index (χ4v) is 3.48. The van der Waals surface area contributed by atoms with E-state index in [0.29, 0.717) is 29.9 Å². The summed E-state index contributed by atoms with van der Waals surface area (Å²) in [4.78, 5) is 0. The van der Waals surface area contributed by atoms with Crippen LogP contribution in [0.25, 0.3) is 0 Å². The highest BCUT2D eigenvalue weighted by atomic mass is 19.4. The summed E-state index contributed by atoms with van der Waals surface area (Å²) in [7, 11) is 3.14. The Labute approximate surface area is 155 Å². The van der Waals surface area contributed by atoms with Crippen molar-refractivity contribution in [2.24, 2.45) is 0 Å². The van der Waals surface area contributed by atoms with Crippen LogP contribution in [-0.2, 0) is 19.0 Å². The van der Waals surface area contributed by atoms with Gasteiger partial charge in [-0.15, -0.1) is 0 Å². The second kappa shape index (κ2) is 7.76. The maximum Gasteiger partial charge on any atom is 0.419 e. The van der Waals surface area contributed by atoms with Gasteiger partial charge in [0.2, 0.25) is 0 Å². The van der Waals surface area contributed by atoms with Gasteiger partial charge in [0.25, 0.3) is 0 Å². The highest BCUT2D eigenvalue weighted by Gasteiger charge is 2.34. The van der Waals surface area contributed by atoms with Crippen molar-refractivity contribution in [3.05, 3.63) is 58.4 Å². The summed E-state index contributed by atoms with van der Waals surface area (Å²) in [5.74, 6) is 0.0283. The molecule has 3 nitrogen and oxygen atoms in total. The second-order valence-corrected chi connectivity index (χ2v) is 6.51. The Morgan fingerprint density at radius 2 is 1.78 bits per heavy atom. The molecule has 1 N–H and O–H groups in total. The number of rotatable bonds is 5. The van der Waals surface area contributed by atoms with Crippen LogP contribution >= 0.6 is 0 Å². The zero-order valence-electron chi connectivity index (χ0n) is 15.1. The molecule has 27 heavy (non-hydrogen) atoms. The van der Waals surface area contributed by atoms with Gasteiger partial charge in [-0.25, -0.2) is 4.39 Å². The van der Waals surface area contributed by atoms with Crippen LogP contribution in [0.2, 0.25) is 0 Å². The molecule has 1 heterocycles. The first-order valence-electron chi connectivity index (χ1n) is 8.67. The van der Waals surface area contributed by atoms with E-state index < -0.39 is 17.6 Å². The van der Waals surface area contributed by atoms with Crippen LogP contribution in [0.5, 0.6) is 11.5 Å². The van der Waals surface area contributed by atoms with E-state index in [1.54, 1.807) is 14.2 Å². The predicted molar refractivity (Wildman–Crippen MR) is 93.7 cm³/mol. The first kappa shape index (κ1) is 19.5. The van der Waals surface area contributed by atoms with Gasteiger partial charge in [-0.2, -0.15) is 13.2 Å². The van der Waals surface area contributed by atoms with Crippen molar-refractivity contribution in [1.82, 2.24) is 5.32 Å². The van der Waals surface area contributed by atoms with E-state index in [2.05, 4.69) is 5.32 Å². The molecule has 0 saturated carbocycles. The molecule has 0 aliphatic carbocycles. The minimum Gasteiger partial charge on any atom is -0.493 e. The SMILES string of the molecule is COc1cc2c(cc1OC)C(CCc1ccc(F)c(C(F)(F)F)c1)NCC2. The Balaban J connectivity index is 1.81. The maximum absolute atomic E-state index is 13.5. The molecule has 146 valence electrons. The molecule has 0 saturated heterocycles. The third kappa shape index (κ3) is 4.18. The largest absolute Gasteiger partial charge is 0.493 e. The third-order valence-electron chi connectivity index (χ3n) is 4.86. The van der Waals surface area contributed by atoms with E-state index in [1.807, 2.05) is 12.1 Å². The normalized spacial score (nSPS) is 16.7. The summed E-state index contributed by atoms with van der Waals surface area (Å²) < 4.78 is 62.8. The van der Waals surface area contributed by atoms with Crippen LogP contribution < -0.4 is 14.8 Å². The first-order chi connectivity index (χ1) is 12.8. The average molecular weight is 383 g/mol. The van der Waals surface area contributed by atoms with E-state index in [9.17, 15) is 17.6 Å². The molecule has 0 amide bonds. The lowest BCUT2D eigenvalue weighted by Crippen LogP contribution is -2.30. The van der Waals surface area contributed by atoms with E-state index in [-0.39, 0.29) is 6.04 Å². The smallest absolute Gasteiger partial charge is 0.419 e. The number of aryl methyl sites for hydroxylation is 1. The monoisotopic (exact) mass is 383 g/mol. The van der Waals surface area contributed by atoms with Crippen molar-refractivity contribution < 1.29 is 27.0 Å². The predicted octanol–water partition coefficient (Wildman–Crippen LogP) is 4.68. The molecular formula is C20H21F4NO2. The standard InChI is InChI=1S/C20H21F4NO2/c1-26-18-10-13-7-8-25-17(14(13)11-19(18)27-2)6-4-12-3-5-16(21)15(9-12)20(22,23)24/h3,5,9-11,17,25H,4,6-8H2,1-2H3. The van der Waals surface area contributed by atoms with Crippen molar-refractivity contribution in [3.8, 4) is 11.5 Å². The molecule has 2 aromatic rings. The quantitative estimate of drug-likeness (QED) is 0.761. The summed E-state index contributed by atoms with van der Waals surface area (Å²) in [6, 6.07) is 7.02. The molecule has 1 unspecified atom stereocenters. The van der Waals surface area contributed by atoms with E-state index in [1.165, 1.54) is 6.07 Å². The summed E-state index contributed by atoms with van der Waals surface area (Å²) in [5.41, 5.74) is 1.42. The Morgan fingerprint density at radius 3 is 2.44 bits per heavy atom. The number of methoxy groups -OCH3 is 2. The van der Waals surface area contributed by atoms with Crippen LogP contribution in [0.15, 0.2) is 30.3 Å². The Hall–Kier alpha value is -2.28. The maximum atomic E-state index is 13.5. The number of hydrogen-bond donors (Lipinski definition) is 1. The topological polar surface area (TPSA) is 30.5 Å². The summed E-state index contributed by atoms with van der Waals surface area (Å²) in [5, 5.41) is 3.40. The average Bonchev–Trinajstić information content (AvgIpc) is 2.65. The number of halogens is 4. The number of nitrogens with one attached hydrogen (secondary N) is 1. The minimum absolute atomic E-state index is 0.0204. The van der Waals surface area contributed by atoms with Crippen molar-refractivity contribution in [3.63, 3.8) is 0 Å². The number of fused-ring (bicyclic) bond motifs is 1.